The van der Waals surface area contributed by atoms with Crippen molar-refractivity contribution in [3.05, 3.63) is 11.9 Å². The van der Waals surface area contributed by atoms with Gasteiger partial charge in [0.05, 0.1) is 0 Å². The molecule has 0 aliphatic carbocycles. The highest BCUT2D eigenvalue weighted by molar-refractivity contribution is 5.57. The van der Waals surface area contributed by atoms with Gasteiger partial charge in [-0.3, -0.25) is 0 Å². The summed E-state index contributed by atoms with van der Waals surface area (Å²) in [6.45, 7) is 12.8. The van der Waals surface area contributed by atoms with Gasteiger partial charge < -0.3 is 10.6 Å². The Balaban J connectivity index is 2.83. The second-order valence-electron chi connectivity index (χ2n) is 5.74. The fourth-order valence-corrected chi connectivity index (χ4v) is 1.64. The van der Waals surface area contributed by atoms with Gasteiger partial charge in [-0.15, -0.1) is 0 Å². The molecule has 4 nitrogen and oxygen atoms in total. The molecule has 0 fully saturated rings. The molecule has 1 heterocycles. The van der Waals surface area contributed by atoms with E-state index in [1.54, 1.807) is 6.33 Å². The summed E-state index contributed by atoms with van der Waals surface area (Å²) in [6, 6.07) is 0. The van der Waals surface area contributed by atoms with Gasteiger partial charge >= 0.3 is 0 Å². The first-order valence-corrected chi connectivity index (χ1v) is 6.79. The molecule has 4 heteroatoms. The predicted octanol–water partition coefficient (Wildman–Crippen LogP) is 3.32. The van der Waals surface area contributed by atoms with Gasteiger partial charge in [-0.1, -0.05) is 34.6 Å². The van der Waals surface area contributed by atoms with Crippen LogP contribution in [-0.2, 0) is 6.42 Å². The lowest BCUT2D eigenvalue weighted by Gasteiger charge is -2.21. The molecule has 0 aliphatic rings. The zero-order valence-electron chi connectivity index (χ0n) is 12.3. The molecule has 18 heavy (non-hydrogen) atoms. The molecule has 0 bridgehead atoms. The summed E-state index contributed by atoms with van der Waals surface area (Å²) in [7, 11) is 0. The largest absolute Gasteiger partial charge is 0.370 e. The van der Waals surface area contributed by atoms with Gasteiger partial charge in [-0.05, 0) is 18.3 Å². The fraction of sp³-hybridized carbons (Fsp3) is 0.714. The Hall–Kier alpha value is -1.32. The molecular formula is C14H26N4. The predicted molar refractivity (Wildman–Crippen MR) is 78.1 cm³/mol. The molecule has 102 valence electrons. The zero-order valence-corrected chi connectivity index (χ0v) is 12.3. The van der Waals surface area contributed by atoms with Gasteiger partial charge in [0, 0.05) is 18.7 Å². The van der Waals surface area contributed by atoms with Gasteiger partial charge in [0.2, 0.25) is 0 Å². The third-order valence-electron chi connectivity index (χ3n) is 2.63. The van der Waals surface area contributed by atoms with Crippen LogP contribution in [0.15, 0.2) is 6.33 Å². The molecule has 1 aromatic rings. The number of nitrogens with zero attached hydrogens (tertiary/aromatic N) is 2. The van der Waals surface area contributed by atoms with Gasteiger partial charge in [0.25, 0.3) is 0 Å². The Morgan fingerprint density at radius 3 is 2.17 bits per heavy atom. The van der Waals surface area contributed by atoms with E-state index in [4.69, 9.17) is 0 Å². The summed E-state index contributed by atoms with van der Waals surface area (Å²) in [6.07, 6.45) is 3.65. The molecule has 0 atom stereocenters. The van der Waals surface area contributed by atoms with Crippen LogP contribution < -0.4 is 10.6 Å². The van der Waals surface area contributed by atoms with Gasteiger partial charge in [-0.25, -0.2) is 9.97 Å². The molecule has 0 saturated carbocycles. The lowest BCUT2D eigenvalue weighted by Crippen LogP contribution is -2.21. The van der Waals surface area contributed by atoms with Crippen LogP contribution in [0.1, 0.15) is 46.6 Å². The molecule has 1 aromatic heterocycles. The van der Waals surface area contributed by atoms with E-state index < -0.39 is 0 Å². The van der Waals surface area contributed by atoms with E-state index in [2.05, 4.69) is 55.2 Å². The Labute approximate surface area is 111 Å². The molecule has 0 saturated heterocycles. The topological polar surface area (TPSA) is 49.8 Å². The first-order valence-electron chi connectivity index (χ1n) is 6.79. The lowest BCUT2D eigenvalue weighted by atomic mass is 9.97. The molecule has 2 N–H and O–H groups in total. The number of rotatable bonds is 6. The minimum Gasteiger partial charge on any atom is -0.370 e. The van der Waals surface area contributed by atoms with E-state index >= 15 is 0 Å². The Morgan fingerprint density at radius 2 is 1.67 bits per heavy atom. The zero-order chi connectivity index (χ0) is 13.6. The first-order chi connectivity index (χ1) is 8.48. The van der Waals surface area contributed by atoms with Crippen molar-refractivity contribution in [2.24, 2.45) is 5.41 Å². The third kappa shape index (κ3) is 4.51. The van der Waals surface area contributed by atoms with Gasteiger partial charge in [0.1, 0.15) is 18.0 Å². The smallest absolute Gasteiger partial charge is 0.134 e. The third-order valence-corrected chi connectivity index (χ3v) is 2.63. The van der Waals surface area contributed by atoms with Crippen molar-refractivity contribution in [3.8, 4) is 0 Å². The lowest BCUT2D eigenvalue weighted by molar-refractivity contribution is 0.442. The summed E-state index contributed by atoms with van der Waals surface area (Å²) in [5.74, 6) is 1.92. The highest BCUT2D eigenvalue weighted by Crippen LogP contribution is 2.22. The van der Waals surface area contributed by atoms with Crippen molar-refractivity contribution >= 4 is 11.6 Å². The van der Waals surface area contributed by atoms with Crippen molar-refractivity contribution in [1.82, 2.24) is 9.97 Å². The SMILES string of the molecule is CCCNc1ncnc(NCC(C)(C)C)c1CC. The van der Waals surface area contributed by atoms with Crippen molar-refractivity contribution in [1.29, 1.82) is 0 Å². The fourth-order valence-electron chi connectivity index (χ4n) is 1.64. The average Bonchev–Trinajstić information content (AvgIpc) is 2.32. The summed E-state index contributed by atoms with van der Waals surface area (Å²) in [5, 5.41) is 6.79. The van der Waals surface area contributed by atoms with Crippen molar-refractivity contribution in [3.63, 3.8) is 0 Å². The second kappa shape index (κ2) is 6.57. The second-order valence-corrected chi connectivity index (χ2v) is 5.74. The quantitative estimate of drug-likeness (QED) is 0.813. The molecule has 1 rings (SSSR count). The van der Waals surface area contributed by atoms with Crippen LogP contribution in [-0.4, -0.2) is 23.1 Å². The number of anilines is 2. The van der Waals surface area contributed by atoms with E-state index in [1.807, 2.05) is 0 Å². The van der Waals surface area contributed by atoms with Crippen LogP contribution in [0.2, 0.25) is 0 Å². The van der Waals surface area contributed by atoms with Gasteiger partial charge in [-0.2, -0.15) is 0 Å². The molecule has 0 aromatic carbocycles. The van der Waals surface area contributed by atoms with Crippen LogP contribution in [0, 0.1) is 5.41 Å². The maximum atomic E-state index is 4.36. The van der Waals surface area contributed by atoms with Crippen molar-refractivity contribution < 1.29 is 0 Å². The Kier molecular flexibility index (Phi) is 5.38. The Bertz CT molecular complexity index is 369. The van der Waals surface area contributed by atoms with Crippen LogP contribution in [0.5, 0.6) is 0 Å². The monoisotopic (exact) mass is 250 g/mol. The van der Waals surface area contributed by atoms with E-state index in [9.17, 15) is 0 Å². The van der Waals surface area contributed by atoms with E-state index in [0.717, 1.165) is 37.6 Å². The maximum Gasteiger partial charge on any atom is 0.134 e. The minimum atomic E-state index is 0.243. The number of hydrogen-bond donors (Lipinski definition) is 2. The molecule has 0 spiro atoms. The summed E-state index contributed by atoms with van der Waals surface area (Å²) >= 11 is 0. The summed E-state index contributed by atoms with van der Waals surface area (Å²) in [4.78, 5) is 8.69. The van der Waals surface area contributed by atoms with Crippen LogP contribution in [0.4, 0.5) is 11.6 Å². The number of nitrogens with one attached hydrogen (secondary N) is 2. The van der Waals surface area contributed by atoms with Crippen LogP contribution >= 0.6 is 0 Å². The standard InChI is InChI=1S/C14H26N4/c1-6-8-15-12-11(7-2)13(18-10-17-12)16-9-14(3,4)5/h10H,6-9H2,1-5H3,(H2,15,16,17,18). The van der Waals surface area contributed by atoms with Crippen molar-refractivity contribution in [2.75, 3.05) is 23.7 Å². The minimum absolute atomic E-state index is 0.243. The molecule has 0 amide bonds. The Morgan fingerprint density at radius 1 is 1.06 bits per heavy atom. The maximum absolute atomic E-state index is 4.36. The highest BCUT2D eigenvalue weighted by Gasteiger charge is 2.13. The average molecular weight is 250 g/mol. The van der Waals surface area contributed by atoms with Gasteiger partial charge in [0.15, 0.2) is 0 Å². The molecule has 0 radical (unpaired) electrons. The number of aromatic nitrogens is 2. The van der Waals surface area contributed by atoms with E-state index in [-0.39, 0.29) is 5.41 Å². The first kappa shape index (κ1) is 14.7. The van der Waals surface area contributed by atoms with Crippen molar-refractivity contribution in [2.45, 2.75) is 47.5 Å². The van der Waals surface area contributed by atoms with E-state index in [1.165, 1.54) is 5.56 Å². The normalized spacial score (nSPS) is 11.4. The molecule has 0 unspecified atom stereocenters. The molecule has 0 aliphatic heterocycles. The van der Waals surface area contributed by atoms with Crippen LogP contribution in [0.25, 0.3) is 0 Å². The molecular weight excluding hydrogens is 224 g/mol. The van der Waals surface area contributed by atoms with Crippen LogP contribution in [0.3, 0.4) is 0 Å². The van der Waals surface area contributed by atoms with E-state index in [0.29, 0.717) is 0 Å². The summed E-state index contributed by atoms with van der Waals surface area (Å²) in [5.41, 5.74) is 1.42. The highest BCUT2D eigenvalue weighted by atomic mass is 15.1. The number of hydrogen-bond acceptors (Lipinski definition) is 4. The summed E-state index contributed by atoms with van der Waals surface area (Å²) < 4.78 is 0.